The Morgan fingerprint density at radius 3 is 2.47 bits per heavy atom. The highest BCUT2D eigenvalue weighted by molar-refractivity contribution is 5.87. The van der Waals surface area contributed by atoms with Gasteiger partial charge >= 0.3 is 11.9 Å². The van der Waals surface area contributed by atoms with Crippen molar-refractivity contribution in [2.24, 2.45) is 5.73 Å². The third kappa shape index (κ3) is 6.30. The molecule has 10 heteroatoms. The number of H-pyrrole nitrogens is 1. The number of hydrogen-bond donors (Lipinski definition) is 3. The van der Waals surface area contributed by atoms with Gasteiger partial charge in [-0.1, -0.05) is 30.3 Å². The summed E-state index contributed by atoms with van der Waals surface area (Å²) in [6.45, 7) is 1.33. The molecule has 2 aliphatic rings. The van der Waals surface area contributed by atoms with Gasteiger partial charge in [0.15, 0.2) is 0 Å². The van der Waals surface area contributed by atoms with Gasteiger partial charge in [0.25, 0.3) is 0 Å². The van der Waals surface area contributed by atoms with Crippen LogP contribution in [-0.2, 0) is 30.3 Å². The van der Waals surface area contributed by atoms with E-state index in [2.05, 4.69) is 27.2 Å². The molecule has 1 amide bonds. The number of piperidine rings is 1. The van der Waals surface area contributed by atoms with Gasteiger partial charge in [0.2, 0.25) is 5.91 Å². The first-order valence-corrected chi connectivity index (χ1v) is 12.5. The Morgan fingerprint density at radius 1 is 1.17 bits per heavy atom. The van der Waals surface area contributed by atoms with Crippen LogP contribution < -0.4 is 11.1 Å². The van der Waals surface area contributed by atoms with Crippen molar-refractivity contribution in [2.75, 3.05) is 13.7 Å². The highest BCUT2D eigenvalue weighted by Crippen LogP contribution is 2.36. The molecule has 1 aromatic heterocycles. The zero-order valence-corrected chi connectivity index (χ0v) is 20.8. The maximum absolute atomic E-state index is 13.3. The molecule has 0 aliphatic carbocycles. The second kappa shape index (κ2) is 11.7. The predicted molar refractivity (Wildman–Crippen MR) is 132 cm³/mol. The fraction of sp³-hybridized carbons (Fsp3) is 0.538. The van der Waals surface area contributed by atoms with E-state index in [0.29, 0.717) is 23.3 Å². The molecular formula is C26H35N5O5. The van der Waals surface area contributed by atoms with Gasteiger partial charge in [-0.25, -0.2) is 9.78 Å². The van der Waals surface area contributed by atoms with Crippen molar-refractivity contribution in [3.8, 4) is 0 Å². The summed E-state index contributed by atoms with van der Waals surface area (Å²) < 4.78 is 11.5. The number of carbonyl (C=O) groups is 3. The van der Waals surface area contributed by atoms with Gasteiger partial charge in [0.05, 0.1) is 12.4 Å². The van der Waals surface area contributed by atoms with Crippen molar-refractivity contribution in [3.63, 3.8) is 0 Å². The smallest absolute Gasteiger partial charge is 0.329 e. The van der Waals surface area contributed by atoms with Gasteiger partial charge in [-0.15, -0.1) is 0 Å². The summed E-state index contributed by atoms with van der Waals surface area (Å²) in [5.74, 6) is -2.32. The van der Waals surface area contributed by atoms with Crippen LogP contribution in [0.1, 0.15) is 49.8 Å². The van der Waals surface area contributed by atoms with Gasteiger partial charge in [-0.2, -0.15) is 0 Å². The number of nitrogens with zero attached hydrogens (tertiary/aromatic N) is 2. The summed E-state index contributed by atoms with van der Waals surface area (Å²) in [7, 11) is 2.14. The molecule has 5 unspecified atom stereocenters. The van der Waals surface area contributed by atoms with Gasteiger partial charge in [0, 0.05) is 30.4 Å². The topological polar surface area (TPSA) is 140 Å². The molecular weight excluding hydrogens is 462 g/mol. The molecule has 2 aliphatic heterocycles. The fourth-order valence-electron chi connectivity index (χ4n) is 5.07. The summed E-state index contributed by atoms with van der Waals surface area (Å²) in [4.78, 5) is 47.8. The van der Waals surface area contributed by atoms with Crippen molar-refractivity contribution in [1.29, 1.82) is 0 Å². The number of fused-ring (bicyclic) bond motifs is 2. The fourth-order valence-corrected chi connectivity index (χ4v) is 5.07. The summed E-state index contributed by atoms with van der Waals surface area (Å²) in [6, 6.07) is 8.25. The van der Waals surface area contributed by atoms with Crippen molar-refractivity contribution >= 4 is 17.8 Å². The number of carbonyl (C=O) groups excluding carboxylic acids is 3. The lowest BCUT2D eigenvalue weighted by Crippen LogP contribution is -2.49. The highest BCUT2D eigenvalue weighted by Gasteiger charge is 2.40. The van der Waals surface area contributed by atoms with Gasteiger partial charge in [-0.3, -0.25) is 9.59 Å². The van der Waals surface area contributed by atoms with Crippen LogP contribution in [0.3, 0.4) is 0 Å². The number of hydrogen-bond acceptors (Lipinski definition) is 8. The van der Waals surface area contributed by atoms with Crippen molar-refractivity contribution in [2.45, 2.75) is 75.2 Å². The number of aromatic nitrogens is 2. The van der Waals surface area contributed by atoms with E-state index < -0.39 is 35.8 Å². The molecule has 3 heterocycles. The predicted octanol–water partition coefficient (Wildman–Crippen LogP) is 1.28. The molecule has 194 valence electrons. The zero-order chi connectivity index (χ0) is 25.7. The molecule has 2 fully saturated rings. The van der Waals surface area contributed by atoms with E-state index >= 15 is 0 Å². The SMILES string of the molecule is CC(N)C(=O)NC(Cc1cnc[nH]1)C(=O)OCC(C(=O)OC1CC2CC[C@H](C1)N2C)c1ccccc1. The quantitative estimate of drug-likeness (QED) is 0.417. The van der Waals surface area contributed by atoms with Crippen molar-refractivity contribution in [1.82, 2.24) is 20.2 Å². The number of esters is 2. The van der Waals surface area contributed by atoms with Crippen LogP contribution >= 0.6 is 0 Å². The molecule has 0 spiro atoms. The number of imidazole rings is 1. The Morgan fingerprint density at radius 2 is 1.86 bits per heavy atom. The van der Waals surface area contributed by atoms with Crippen LogP contribution in [0, 0.1) is 0 Å². The van der Waals surface area contributed by atoms with Crippen LogP contribution in [0.5, 0.6) is 0 Å². The third-order valence-electron chi connectivity index (χ3n) is 7.21. The van der Waals surface area contributed by atoms with Crippen LogP contribution in [0.15, 0.2) is 42.9 Å². The molecule has 4 N–H and O–H groups in total. The normalized spacial score (nSPS) is 23.9. The van der Waals surface area contributed by atoms with Gasteiger partial charge < -0.3 is 30.4 Å². The minimum atomic E-state index is -0.985. The number of nitrogens with one attached hydrogen (secondary N) is 2. The van der Waals surface area contributed by atoms with Crippen LogP contribution in [0.4, 0.5) is 0 Å². The molecule has 36 heavy (non-hydrogen) atoms. The van der Waals surface area contributed by atoms with Crippen molar-refractivity contribution < 1.29 is 23.9 Å². The average Bonchev–Trinajstić information content (AvgIpc) is 3.43. The number of benzene rings is 1. The van der Waals surface area contributed by atoms with Crippen LogP contribution in [-0.4, -0.2) is 76.6 Å². The molecule has 2 bridgehead atoms. The summed E-state index contributed by atoms with van der Waals surface area (Å²) in [6.07, 6.45) is 6.94. The number of ether oxygens (including phenoxy) is 2. The lowest BCUT2D eigenvalue weighted by atomic mass is 9.98. The third-order valence-corrected chi connectivity index (χ3v) is 7.21. The van der Waals surface area contributed by atoms with E-state index in [1.54, 1.807) is 6.20 Å². The monoisotopic (exact) mass is 497 g/mol. The van der Waals surface area contributed by atoms with Gasteiger partial charge in [-0.05, 0) is 45.2 Å². The molecule has 2 saturated heterocycles. The Balaban J connectivity index is 1.43. The maximum atomic E-state index is 13.3. The summed E-state index contributed by atoms with van der Waals surface area (Å²) in [5.41, 5.74) is 7.02. The second-order valence-corrected chi connectivity index (χ2v) is 9.80. The minimum Gasteiger partial charge on any atom is -0.463 e. The minimum absolute atomic E-state index is 0.147. The van der Waals surface area contributed by atoms with E-state index in [9.17, 15) is 14.4 Å². The summed E-state index contributed by atoms with van der Waals surface area (Å²) in [5, 5.41) is 2.63. The molecule has 0 radical (unpaired) electrons. The zero-order valence-electron chi connectivity index (χ0n) is 20.8. The Bertz CT molecular complexity index is 1010. The Kier molecular flexibility index (Phi) is 8.37. The van der Waals surface area contributed by atoms with Crippen LogP contribution in [0.2, 0.25) is 0 Å². The largest absolute Gasteiger partial charge is 0.463 e. The molecule has 2 aromatic rings. The lowest BCUT2D eigenvalue weighted by molar-refractivity contribution is -0.159. The average molecular weight is 498 g/mol. The Labute approximate surface area is 210 Å². The molecule has 6 atom stereocenters. The highest BCUT2D eigenvalue weighted by atomic mass is 16.6. The van der Waals surface area contributed by atoms with Gasteiger partial charge in [0.1, 0.15) is 24.7 Å². The first-order chi connectivity index (χ1) is 17.3. The van der Waals surface area contributed by atoms with E-state index in [1.165, 1.54) is 13.3 Å². The first-order valence-electron chi connectivity index (χ1n) is 12.5. The number of amides is 1. The van der Waals surface area contributed by atoms with E-state index in [4.69, 9.17) is 15.2 Å². The van der Waals surface area contributed by atoms with Crippen molar-refractivity contribution in [3.05, 3.63) is 54.1 Å². The molecule has 10 nitrogen and oxygen atoms in total. The molecule has 4 rings (SSSR count). The summed E-state index contributed by atoms with van der Waals surface area (Å²) >= 11 is 0. The number of nitrogens with two attached hydrogens (primary N) is 1. The maximum Gasteiger partial charge on any atom is 0.329 e. The van der Waals surface area contributed by atoms with E-state index in [1.807, 2.05) is 30.3 Å². The Hall–Kier alpha value is -3.24. The first kappa shape index (κ1) is 25.8. The second-order valence-electron chi connectivity index (χ2n) is 9.80. The number of aromatic amines is 1. The standard InChI is InChI=1S/C26H35N5O5/c1-16(27)24(32)30-23(10-18-13-28-15-29-18)26(34)35-14-22(17-6-4-3-5-7-17)25(33)36-21-11-19-8-9-20(12-21)31(19)2/h3-7,13,15-16,19-23H,8-12,14,27H2,1-2H3,(H,28,29)(H,30,32)/t16?,19-,20?,21?,22?,23?/m1/s1. The lowest BCUT2D eigenvalue weighted by Gasteiger charge is -2.36. The molecule has 1 aromatic carbocycles. The van der Waals surface area contributed by atoms with Crippen LogP contribution in [0.25, 0.3) is 0 Å². The van der Waals surface area contributed by atoms with E-state index in [0.717, 1.165) is 25.7 Å². The molecule has 0 saturated carbocycles. The van der Waals surface area contributed by atoms with E-state index in [-0.39, 0.29) is 19.1 Å². The number of rotatable bonds is 10.